The normalized spacial score (nSPS) is 15.8. The van der Waals surface area contributed by atoms with E-state index >= 15 is 0 Å². The van der Waals surface area contributed by atoms with E-state index < -0.39 is 0 Å². The van der Waals surface area contributed by atoms with Gasteiger partial charge in [-0.2, -0.15) is 0 Å². The molecule has 4 heteroatoms. The van der Waals surface area contributed by atoms with Crippen LogP contribution in [-0.4, -0.2) is 17.4 Å². The second kappa shape index (κ2) is 2.84. The average Bonchev–Trinajstić information content (AvgIpc) is 2.58. The summed E-state index contributed by atoms with van der Waals surface area (Å²) in [7, 11) is 0. The van der Waals surface area contributed by atoms with Gasteiger partial charge in [-0.05, 0) is 6.08 Å². The van der Waals surface area contributed by atoms with Crippen molar-refractivity contribution < 1.29 is 0 Å². The van der Waals surface area contributed by atoms with E-state index in [-0.39, 0.29) is 0 Å². The minimum absolute atomic E-state index is 0.752. The lowest BCUT2D eigenvalue weighted by molar-refractivity contribution is 1.09. The molecule has 0 bridgehead atoms. The maximum absolute atomic E-state index is 4.24. The van der Waals surface area contributed by atoms with Gasteiger partial charge in [0.1, 0.15) is 0 Å². The molecule has 2 heterocycles. The van der Waals surface area contributed by atoms with Gasteiger partial charge in [0.2, 0.25) is 0 Å². The van der Waals surface area contributed by atoms with E-state index in [4.69, 9.17) is 0 Å². The summed E-state index contributed by atoms with van der Waals surface area (Å²) in [5.74, 6) is 0.877. The summed E-state index contributed by atoms with van der Waals surface area (Å²) < 4.78 is 0. The van der Waals surface area contributed by atoms with Gasteiger partial charge in [-0.25, -0.2) is 4.98 Å². The molecular formula is C7H7N3S. The zero-order valence-corrected chi connectivity index (χ0v) is 6.64. The first-order valence-corrected chi connectivity index (χ1v) is 4.20. The Morgan fingerprint density at radius 1 is 1.55 bits per heavy atom. The van der Waals surface area contributed by atoms with E-state index in [0.29, 0.717) is 0 Å². The number of aromatic nitrogens is 1. The van der Waals surface area contributed by atoms with Gasteiger partial charge < -0.3 is 5.32 Å². The summed E-state index contributed by atoms with van der Waals surface area (Å²) in [6.07, 6.45) is 5.64. The Hall–Kier alpha value is -1.16. The molecule has 0 saturated carbocycles. The Kier molecular flexibility index (Phi) is 1.69. The van der Waals surface area contributed by atoms with E-state index in [2.05, 4.69) is 15.3 Å². The highest BCUT2D eigenvalue weighted by Gasteiger charge is 2.04. The third-order valence-electron chi connectivity index (χ3n) is 1.33. The number of nitrogens with zero attached hydrogens (tertiary/aromatic N) is 2. The Balaban J connectivity index is 2.24. The quantitative estimate of drug-likeness (QED) is 0.674. The first-order chi connectivity index (χ1) is 5.47. The molecule has 3 nitrogen and oxygen atoms in total. The Labute approximate surface area is 68.5 Å². The molecule has 0 unspecified atom stereocenters. The molecule has 0 fully saturated rings. The number of nitrogens with one attached hydrogen (secondary N) is 1. The summed E-state index contributed by atoms with van der Waals surface area (Å²) in [6, 6.07) is 0. The number of hydrogen-bond acceptors (Lipinski definition) is 4. The van der Waals surface area contributed by atoms with Crippen molar-refractivity contribution in [3.63, 3.8) is 0 Å². The first-order valence-electron chi connectivity index (χ1n) is 3.33. The van der Waals surface area contributed by atoms with Crippen molar-refractivity contribution in [3.8, 4) is 0 Å². The van der Waals surface area contributed by atoms with Gasteiger partial charge in [0.25, 0.3) is 0 Å². The second-order valence-electron chi connectivity index (χ2n) is 2.07. The highest BCUT2D eigenvalue weighted by molar-refractivity contribution is 7.11. The molecule has 0 radical (unpaired) electrons. The molecule has 0 aliphatic carbocycles. The molecule has 0 spiro atoms. The van der Waals surface area contributed by atoms with Crippen molar-refractivity contribution in [2.24, 2.45) is 4.99 Å². The minimum atomic E-state index is 0.752. The highest BCUT2D eigenvalue weighted by Crippen LogP contribution is 2.05. The predicted octanol–water partition coefficient (Wildman–Crippen LogP) is 1.01. The molecule has 1 aromatic heterocycles. The molecule has 0 aromatic carbocycles. The van der Waals surface area contributed by atoms with Crippen LogP contribution in [0.2, 0.25) is 0 Å². The fourth-order valence-corrected chi connectivity index (χ4v) is 1.46. The monoisotopic (exact) mass is 165 g/mol. The van der Waals surface area contributed by atoms with Gasteiger partial charge in [0, 0.05) is 17.8 Å². The Bertz CT molecular complexity index is 287. The van der Waals surface area contributed by atoms with Crippen LogP contribution >= 0.6 is 11.3 Å². The number of hydrogen-bond donors (Lipinski definition) is 1. The average molecular weight is 165 g/mol. The zero-order valence-electron chi connectivity index (χ0n) is 5.82. The van der Waals surface area contributed by atoms with Crippen LogP contribution in [0, 0.1) is 0 Å². The van der Waals surface area contributed by atoms with Crippen LogP contribution in [0.3, 0.4) is 0 Å². The molecule has 0 saturated heterocycles. The SMILES string of the molecule is C1=CNC(c2nccs2)=NC1. The number of aliphatic imine (C=N–C) groups is 1. The summed E-state index contributed by atoms with van der Waals surface area (Å²) in [4.78, 5) is 8.37. The lowest BCUT2D eigenvalue weighted by Crippen LogP contribution is -2.21. The van der Waals surface area contributed by atoms with Gasteiger partial charge in [0.05, 0.1) is 6.54 Å². The molecule has 1 aliphatic rings. The number of thiazole rings is 1. The second-order valence-corrected chi connectivity index (χ2v) is 2.97. The van der Waals surface area contributed by atoms with E-state index in [1.807, 2.05) is 17.7 Å². The fourth-order valence-electron chi connectivity index (χ4n) is 0.850. The number of rotatable bonds is 1. The van der Waals surface area contributed by atoms with Crippen molar-refractivity contribution >= 4 is 17.2 Å². The standard InChI is InChI=1S/C7H7N3S/c1-2-8-6(9-3-1)7-10-4-5-11-7/h1-2,4-5H,3H2,(H,8,9). The van der Waals surface area contributed by atoms with Gasteiger partial charge >= 0.3 is 0 Å². The third-order valence-corrected chi connectivity index (χ3v) is 2.11. The maximum atomic E-state index is 4.24. The summed E-state index contributed by atoms with van der Waals surface area (Å²) in [5.41, 5.74) is 0. The molecule has 11 heavy (non-hydrogen) atoms. The maximum Gasteiger partial charge on any atom is 0.162 e. The van der Waals surface area contributed by atoms with Crippen molar-refractivity contribution in [1.29, 1.82) is 0 Å². The lowest BCUT2D eigenvalue weighted by atomic mass is 10.5. The van der Waals surface area contributed by atoms with Crippen LogP contribution in [0.4, 0.5) is 0 Å². The van der Waals surface area contributed by atoms with Gasteiger partial charge in [0.15, 0.2) is 10.8 Å². The van der Waals surface area contributed by atoms with Crippen molar-refractivity contribution in [1.82, 2.24) is 10.3 Å². The summed E-state index contributed by atoms with van der Waals surface area (Å²) >= 11 is 1.59. The van der Waals surface area contributed by atoms with Crippen LogP contribution in [-0.2, 0) is 0 Å². The van der Waals surface area contributed by atoms with E-state index in [0.717, 1.165) is 17.4 Å². The van der Waals surface area contributed by atoms with Crippen LogP contribution in [0.25, 0.3) is 0 Å². The molecule has 1 aromatic rings. The molecule has 0 amide bonds. The zero-order chi connectivity index (χ0) is 7.52. The van der Waals surface area contributed by atoms with Crippen molar-refractivity contribution in [2.45, 2.75) is 0 Å². The van der Waals surface area contributed by atoms with E-state index in [1.54, 1.807) is 17.5 Å². The third kappa shape index (κ3) is 1.30. The fraction of sp³-hybridized carbons (Fsp3) is 0.143. The Morgan fingerprint density at radius 2 is 2.55 bits per heavy atom. The molecule has 56 valence electrons. The number of amidine groups is 1. The molecule has 1 aliphatic heterocycles. The first kappa shape index (κ1) is 6.54. The van der Waals surface area contributed by atoms with Crippen LogP contribution in [0.15, 0.2) is 28.8 Å². The van der Waals surface area contributed by atoms with Crippen LogP contribution < -0.4 is 5.32 Å². The van der Waals surface area contributed by atoms with Gasteiger partial charge in [-0.3, -0.25) is 4.99 Å². The smallest absolute Gasteiger partial charge is 0.162 e. The van der Waals surface area contributed by atoms with E-state index in [1.165, 1.54) is 0 Å². The molecule has 1 N–H and O–H groups in total. The highest BCUT2D eigenvalue weighted by atomic mass is 32.1. The molecular weight excluding hydrogens is 158 g/mol. The van der Waals surface area contributed by atoms with Crippen LogP contribution in [0.1, 0.15) is 5.01 Å². The van der Waals surface area contributed by atoms with Crippen molar-refractivity contribution in [3.05, 3.63) is 28.9 Å². The Morgan fingerprint density at radius 3 is 3.18 bits per heavy atom. The van der Waals surface area contributed by atoms with Crippen molar-refractivity contribution in [2.75, 3.05) is 6.54 Å². The topological polar surface area (TPSA) is 37.3 Å². The van der Waals surface area contributed by atoms with Crippen LogP contribution in [0.5, 0.6) is 0 Å². The summed E-state index contributed by atoms with van der Waals surface area (Å²) in [6.45, 7) is 0.752. The predicted molar refractivity (Wildman–Crippen MR) is 45.8 cm³/mol. The molecule has 0 atom stereocenters. The molecule has 2 rings (SSSR count). The van der Waals surface area contributed by atoms with Gasteiger partial charge in [-0.1, -0.05) is 0 Å². The minimum Gasteiger partial charge on any atom is -0.345 e. The van der Waals surface area contributed by atoms with E-state index in [9.17, 15) is 0 Å². The largest absolute Gasteiger partial charge is 0.345 e. The van der Waals surface area contributed by atoms with Gasteiger partial charge in [-0.15, -0.1) is 11.3 Å². The lowest BCUT2D eigenvalue weighted by Gasteiger charge is -2.05. The summed E-state index contributed by atoms with van der Waals surface area (Å²) in [5, 5.41) is 5.93.